The molecule has 0 aliphatic carbocycles. The van der Waals surface area contributed by atoms with E-state index in [-0.39, 0.29) is 0 Å². The normalized spacial score (nSPS) is 11.1. The summed E-state index contributed by atoms with van der Waals surface area (Å²) in [7, 11) is 0. The first-order valence-electron chi connectivity index (χ1n) is 6.91. The minimum absolute atomic E-state index is 0.374. The highest BCUT2D eigenvalue weighted by Crippen LogP contribution is 2.20. The van der Waals surface area contributed by atoms with Crippen LogP contribution in [0.5, 0.6) is 5.88 Å². The molecule has 0 unspecified atom stereocenters. The SMILES string of the molecule is CC(C)(C)OC(=O)c1cc(Br)nc(OCc2ccccc2)c1. The highest BCUT2D eigenvalue weighted by atomic mass is 79.9. The van der Waals surface area contributed by atoms with Gasteiger partial charge in [-0.2, -0.15) is 0 Å². The molecule has 4 nitrogen and oxygen atoms in total. The van der Waals surface area contributed by atoms with Crippen molar-refractivity contribution in [3.8, 4) is 5.88 Å². The average molecular weight is 364 g/mol. The largest absolute Gasteiger partial charge is 0.473 e. The maximum absolute atomic E-state index is 12.1. The highest BCUT2D eigenvalue weighted by molar-refractivity contribution is 9.10. The minimum atomic E-state index is -0.544. The van der Waals surface area contributed by atoms with Gasteiger partial charge >= 0.3 is 5.97 Å². The number of hydrogen-bond acceptors (Lipinski definition) is 4. The number of carbonyl (C=O) groups excluding carboxylic acids is 1. The van der Waals surface area contributed by atoms with Gasteiger partial charge in [0.25, 0.3) is 0 Å². The van der Waals surface area contributed by atoms with Crippen molar-refractivity contribution in [2.75, 3.05) is 0 Å². The molecule has 0 atom stereocenters. The summed E-state index contributed by atoms with van der Waals surface area (Å²) in [6.45, 7) is 5.87. The van der Waals surface area contributed by atoms with Gasteiger partial charge in [0.2, 0.25) is 5.88 Å². The first kappa shape index (κ1) is 16.5. The van der Waals surface area contributed by atoms with Crippen LogP contribution in [-0.4, -0.2) is 16.6 Å². The number of carbonyl (C=O) groups is 1. The molecule has 0 fully saturated rings. The van der Waals surface area contributed by atoms with Gasteiger partial charge in [0.1, 0.15) is 16.8 Å². The number of halogens is 1. The molecule has 22 heavy (non-hydrogen) atoms. The Morgan fingerprint density at radius 3 is 2.50 bits per heavy atom. The van der Waals surface area contributed by atoms with Crippen molar-refractivity contribution in [2.45, 2.75) is 33.0 Å². The van der Waals surface area contributed by atoms with Gasteiger partial charge in [-0.25, -0.2) is 9.78 Å². The third-order valence-electron chi connectivity index (χ3n) is 2.63. The summed E-state index contributed by atoms with van der Waals surface area (Å²) in [5.74, 6) is -0.0285. The van der Waals surface area contributed by atoms with E-state index in [1.54, 1.807) is 12.1 Å². The summed E-state index contributed by atoms with van der Waals surface area (Å²) >= 11 is 3.29. The lowest BCUT2D eigenvalue weighted by molar-refractivity contribution is 0.00687. The smallest absolute Gasteiger partial charge is 0.338 e. The lowest BCUT2D eigenvalue weighted by atomic mass is 10.2. The minimum Gasteiger partial charge on any atom is -0.473 e. The first-order valence-corrected chi connectivity index (χ1v) is 7.70. The Labute approximate surface area is 138 Å². The maximum Gasteiger partial charge on any atom is 0.338 e. The predicted octanol–water partition coefficient (Wildman–Crippen LogP) is 4.38. The monoisotopic (exact) mass is 363 g/mol. The molecule has 0 saturated carbocycles. The van der Waals surface area contributed by atoms with Crippen LogP contribution in [0.4, 0.5) is 0 Å². The Balaban J connectivity index is 2.11. The second-order valence-corrected chi connectivity index (χ2v) is 6.61. The summed E-state index contributed by atoms with van der Waals surface area (Å²) in [5, 5.41) is 0. The molecule has 2 rings (SSSR count). The number of hydrogen-bond donors (Lipinski definition) is 0. The van der Waals surface area contributed by atoms with E-state index in [0.29, 0.717) is 22.7 Å². The van der Waals surface area contributed by atoms with Crippen molar-refractivity contribution in [1.82, 2.24) is 4.98 Å². The van der Waals surface area contributed by atoms with Crippen molar-refractivity contribution in [3.05, 3.63) is 58.2 Å². The van der Waals surface area contributed by atoms with Gasteiger partial charge in [-0.15, -0.1) is 0 Å². The van der Waals surface area contributed by atoms with Crippen LogP contribution in [0.25, 0.3) is 0 Å². The summed E-state index contributed by atoms with van der Waals surface area (Å²) < 4.78 is 11.5. The number of rotatable bonds is 4. The average Bonchev–Trinajstić information content (AvgIpc) is 2.44. The van der Waals surface area contributed by atoms with Crippen molar-refractivity contribution in [1.29, 1.82) is 0 Å². The zero-order chi connectivity index (χ0) is 16.2. The second-order valence-electron chi connectivity index (χ2n) is 5.79. The Morgan fingerprint density at radius 2 is 1.86 bits per heavy atom. The lowest BCUT2D eigenvalue weighted by Gasteiger charge is -2.19. The van der Waals surface area contributed by atoms with Gasteiger partial charge in [0, 0.05) is 6.07 Å². The fourth-order valence-corrected chi connectivity index (χ4v) is 2.15. The van der Waals surface area contributed by atoms with E-state index in [0.717, 1.165) is 5.56 Å². The molecule has 1 heterocycles. The van der Waals surface area contributed by atoms with Crippen molar-refractivity contribution in [3.63, 3.8) is 0 Å². The third kappa shape index (κ3) is 5.15. The molecule has 1 aromatic heterocycles. The van der Waals surface area contributed by atoms with E-state index >= 15 is 0 Å². The van der Waals surface area contributed by atoms with Gasteiger partial charge in [0.15, 0.2) is 0 Å². The molecule has 0 N–H and O–H groups in total. The first-order chi connectivity index (χ1) is 10.3. The molecule has 2 aromatic rings. The fourth-order valence-electron chi connectivity index (χ4n) is 1.73. The molecule has 1 aromatic carbocycles. The number of nitrogens with zero attached hydrogens (tertiary/aromatic N) is 1. The van der Waals surface area contributed by atoms with Crippen LogP contribution in [0, 0.1) is 0 Å². The van der Waals surface area contributed by atoms with Crippen molar-refractivity contribution >= 4 is 21.9 Å². The Hall–Kier alpha value is -1.88. The predicted molar refractivity (Wildman–Crippen MR) is 87.9 cm³/mol. The molecule has 0 spiro atoms. The number of aromatic nitrogens is 1. The number of esters is 1. The van der Waals surface area contributed by atoms with Crippen LogP contribution in [-0.2, 0) is 11.3 Å². The van der Waals surface area contributed by atoms with Crippen LogP contribution in [0.3, 0.4) is 0 Å². The lowest BCUT2D eigenvalue weighted by Crippen LogP contribution is -2.24. The van der Waals surface area contributed by atoms with Gasteiger partial charge < -0.3 is 9.47 Å². The topological polar surface area (TPSA) is 48.4 Å². The molecule has 0 saturated heterocycles. The van der Waals surface area contributed by atoms with Crippen molar-refractivity contribution in [2.24, 2.45) is 0 Å². The molecule has 0 aliphatic rings. The van der Waals surface area contributed by atoms with E-state index in [4.69, 9.17) is 9.47 Å². The summed E-state index contributed by atoms with van der Waals surface area (Å²) in [4.78, 5) is 16.3. The van der Waals surface area contributed by atoms with Crippen LogP contribution in [0.1, 0.15) is 36.7 Å². The molecule has 116 valence electrons. The summed E-state index contributed by atoms with van der Waals surface area (Å²) in [5.41, 5.74) is 0.890. The zero-order valence-electron chi connectivity index (χ0n) is 12.8. The molecule has 0 bridgehead atoms. The standard InChI is InChI=1S/C17H18BrNO3/c1-17(2,3)22-16(20)13-9-14(18)19-15(10-13)21-11-12-7-5-4-6-8-12/h4-10H,11H2,1-3H3. The van der Waals surface area contributed by atoms with Gasteiger partial charge in [-0.05, 0) is 48.3 Å². The quantitative estimate of drug-likeness (QED) is 0.597. The van der Waals surface area contributed by atoms with E-state index in [1.807, 2.05) is 51.1 Å². The maximum atomic E-state index is 12.1. The van der Waals surface area contributed by atoms with Crippen molar-refractivity contribution < 1.29 is 14.3 Å². The van der Waals surface area contributed by atoms with Gasteiger partial charge in [0.05, 0.1) is 5.56 Å². The number of ether oxygens (including phenoxy) is 2. The fraction of sp³-hybridized carbons (Fsp3) is 0.294. The van der Waals surface area contributed by atoms with Crippen LogP contribution >= 0.6 is 15.9 Å². The summed E-state index contributed by atoms with van der Waals surface area (Å²) in [6.07, 6.45) is 0. The zero-order valence-corrected chi connectivity index (χ0v) is 14.4. The molecular weight excluding hydrogens is 346 g/mol. The number of pyridine rings is 1. The third-order valence-corrected chi connectivity index (χ3v) is 3.04. The van der Waals surface area contributed by atoms with Crippen LogP contribution in [0.2, 0.25) is 0 Å². The van der Waals surface area contributed by atoms with Gasteiger partial charge in [-0.1, -0.05) is 30.3 Å². The molecule has 5 heteroatoms. The van der Waals surface area contributed by atoms with E-state index in [2.05, 4.69) is 20.9 Å². The summed E-state index contributed by atoms with van der Waals surface area (Å²) in [6, 6.07) is 13.0. The number of benzene rings is 1. The Morgan fingerprint density at radius 1 is 1.18 bits per heavy atom. The van der Waals surface area contributed by atoms with E-state index in [9.17, 15) is 4.79 Å². The van der Waals surface area contributed by atoms with Crippen LogP contribution < -0.4 is 4.74 Å². The van der Waals surface area contributed by atoms with E-state index < -0.39 is 11.6 Å². The Bertz CT molecular complexity index is 651. The van der Waals surface area contributed by atoms with E-state index in [1.165, 1.54) is 0 Å². The second kappa shape index (κ2) is 6.92. The highest BCUT2D eigenvalue weighted by Gasteiger charge is 2.19. The molecule has 0 amide bonds. The molecular formula is C17H18BrNO3. The Kier molecular flexibility index (Phi) is 5.19. The molecule has 0 radical (unpaired) electrons. The molecule has 0 aliphatic heterocycles. The van der Waals surface area contributed by atoms with Crippen LogP contribution in [0.15, 0.2) is 47.1 Å². The van der Waals surface area contributed by atoms with Gasteiger partial charge in [-0.3, -0.25) is 0 Å².